The standard InChI is InChI=1S/C14H19NO3/c1-18-12-7-6-9-4-2-3-5-10(9)13(12)11(8-15)14(16)17/h6-7,11H,2-5,8,15H2,1H3,(H,16,17). The normalized spacial score (nSPS) is 15.9. The molecule has 1 aliphatic rings. The van der Waals surface area contributed by atoms with Gasteiger partial charge in [-0.2, -0.15) is 0 Å². The van der Waals surface area contributed by atoms with Crippen LogP contribution in [0.4, 0.5) is 0 Å². The van der Waals surface area contributed by atoms with Gasteiger partial charge in [0.1, 0.15) is 5.75 Å². The second-order valence-corrected chi connectivity index (χ2v) is 4.65. The molecule has 0 aliphatic heterocycles. The molecular weight excluding hydrogens is 230 g/mol. The van der Waals surface area contributed by atoms with Crippen molar-refractivity contribution in [3.05, 3.63) is 28.8 Å². The average Bonchev–Trinajstić information content (AvgIpc) is 2.39. The summed E-state index contributed by atoms with van der Waals surface area (Å²) in [6.45, 7) is 0.0994. The van der Waals surface area contributed by atoms with E-state index in [2.05, 4.69) is 0 Å². The summed E-state index contributed by atoms with van der Waals surface area (Å²) in [5, 5.41) is 9.31. The quantitative estimate of drug-likeness (QED) is 0.852. The van der Waals surface area contributed by atoms with Crippen LogP contribution in [-0.4, -0.2) is 24.7 Å². The summed E-state index contributed by atoms with van der Waals surface area (Å²) in [5.74, 6) is -0.906. The average molecular weight is 249 g/mol. The van der Waals surface area contributed by atoms with Gasteiger partial charge in [0.05, 0.1) is 13.0 Å². The number of fused-ring (bicyclic) bond motifs is 1. The Morgan fingerprint density at radius 3 is 2.78 bits per heavy atom. The highest BCUT2D eigenvalue weighted by Crippen LogP contribution is 2.36. The van der Waals surface area contributed by atoms with Gasteiger partial charge in [-0.15, -0.1) is 0 Å². The van der Waals surface area contributed by atoms with Gasteiger partial charge >= 0.3 is 5.97 Å². The van der Waals surface area contributed by atoms with Gasteiger partial charge in [0.25, 0.3) is 0 Å². The maximum absolute atomic E-state index is 11.3. The van der Waals surface area contributed by atoms with Crippen molar-refractivity contribution in [2.24, 2.45) is 5.73 Å². The Hall–Kier alpha value is -1.55. The van der Waals surface area contributed by atoms with Crippen molar-refractivity contribution in [3.8, 4) is 5.75 Å². The van der Waals surface area contributed by atoms with E-state index in [0.29, 0.717) is 5.75 Å². The zero-order valence-corrected chi connectivity index (χ0v) is 10.6. The van der Waals surface area contributed by atoms with Crippen molar-refractivity contribution < 1.29 is 14.6 Å². The molecule has 98 valence electrons. The zero-order valence-electron chi connectivity index (χ0n) is 10.6. The van der Waals surface area contributed by atoms with Crippen LogP contribution in [0.3, 0.4) is 0 Å². The number of rotatable bonds is 4. The molecule has 0 amide bonds. The lowest BCUT2D eigenvalue weighted by molar-refractivity contribution is -0.138. The largest absolute Gasteiger partial charge is 0.496 e. The van der Waals surface area contributed by atoms with Crippen molar-refractivity contribution >= 4 is 5.97 Å². The molecule has 0 fully saturated rings. The fourth-order valence-corrected chi connectivity index (χ4v) is 2.74. The summed E-state index contributed by atoms with van der Waals surface area (Å²) < 4.78 is 5.33. The molecule has 4 heteroatoms. The molecule has 0 spiro atoms. The van der Waals surface area contributed by atoms with Crippen molar-refractivity contribution in [3.63, 3.8) is 0 Å². The van der Waals surface area contributed by atoms with Gasteiger partial charge in [-0.05, 0) is 42.9 Å². The van der Waals surface area contributed by atoms with Crippen LogP contribution in [-0.2, 0) is 17.6 Å². The van der Waals surface area contributed by atoms with Gasteiger partial charge in [-0.25, -0.2) is 0 Å². The summed E-state index contributed by atoms with van der Waals surface area (Å²) in [5.41, 5.74) is 8.79. The molecular formula is C14H19NO3. The van der Waals surface area contributed by atoms with Gasteiger partial charge in [-0.3, -0.25) is 4.79 Å². The predicted molar refractivity (Wildman–Crippen MR) is 69.1 cm³/mol. The number of aryl methyl sites for hydroxylation is 1. The highest BCUT2D eigenvalue weighted by atomic mass is 16.5. The number of methoxy groups -OCH3 is 1. The number of ether oxygens (including phenoxy) is 1. The lowest BCUT2D eigenvalue weighted by Crippen LogP contribution is -2.24. The minimum absolute atomic E-state index is 0.0994. The van der Waals surface area contributed by atoms with Crippen molar-refractivity contribution in [1.82, 2.24) is 0 Å². The van der Waals surface area contributed by atoms with E-state index in [9.17, 15) is 9.90 Å². The molecule has 1 aromatic rings. The monoisotopic (exact) mass is 249 g/mol. The summed E-state index contributed by atoms with van der Waals surface area (Å²) in [6.07, 6.45) is 4.21. The first-order valence-corrected chi connectivity index (χ1v) is 6.30. The second kappa shape index (κ2) is 5.40. The lowest BCUT2D eigenvalue weighted by Gasteiger charge is -2.24. The van der Waals surface area contributed by atoms with Crippen molar-refractivity contribution in [2.75, 3.05) is 13.7 Å². The Bertz CT molecular complexity index is 457. The number of hydrogen-bond donors (Lipinski definition) is 2. The number of carboxylic acids is 1. The van der Waals surface area contributed by atoms with E-state index in [0.717, 1.165) is 30.4 Å². The van der Waals surface area contributed by atoms with Gasteiger partial charge < -0.3 is 15.6 Å². The van der Waals surface area contributed by atoms with Gasteiger partial charge in [0, 0.05) is 12.1 Å². The number of carbonyl (C=O) groups is 1. The molecule has 2 rings (SSSR count). The molecule has 0 heterocycles. The van der Waals surface area contributed by atoms with Crippen LogP contribution in [0.15, 0.2) is 12.1 Å². The van der Waals surface area contributed by atoms with Crippen LogP contribution >= 0.6 is 0 Å². The molecule has 0 saturated carbocycles. The van der Waals surface area contributed by atoms with E-state index < -0.39 is 11.9 Å². The third-order valence-corrected chi connectivity index (χ3v) is 3.64. The molecule has 1 aliphatic carbocycles. The molecule has 4 nitrogen and oxygen atoms in total. The number of nitrogens with two attached hydrogens (primary N) is 1. The fourth-order valence-electron chi connectivity index (χ4n) is 2.74. The summed E-state index contributed by atoms with van der Waals surface area (Å²) >= 11 is 0. The minimum atomic E-state index is -0.880. The Balaban J connectivity index is 2.57. The van der Waals surface area contributed by atoms with Crippen molar-refractivity contribution in [2.45, 2.75) is 31.6 Å². The van der Waals surface area contributed by atoms with Crippen molar-refractivity contribution in [1.29, 1.82) is 0 Å². The number of aliphatic carboxylic acids is 1. The van der Waals surface area contributed by atoms with Gasteiger partial charge in [0.15, 0.2) is 0 Å². The Kier molecular flexibility index (Phi) is 3.87. The third-order valence-electron chi connectivity index (χ3n) is 3.64. The van der Waals surface area contributed by atoms with E-state index in [1.165, 1.54) is 12.0 Å². The Morgan fingerprint density at radius 1 is 1.44 bits per heavy atom. The van der Waals surface area contributed by atoms with E-state index in [4.69, 9.17) is 10.5 Å². The Morgan fingerprint density at radius 2 is 2.17 bits per heavy atom. The number of benzene rings is 1. The first-order chi connectivity index (χ1) is 8.69. The lowest BCUT2D eigenvalue weighted by atomic mass is 9.83. The molecule has 0 radical (unpaired) electrons. The molecule has 0 bridgehead atoms. The second-order valence-electron chi connectivity index (χ2n) is 4.65. The van der Waals surface area contributed by atoms with Crippen LogP contribution in [0.25, 0.3) is 0 Å². The predicted octanol–water partition coefficient (Wildman–Crippen LogP) is 1.70. The fraction of sp³-hybridized carbons (Fsp3) is 0.500. The number of hydrogen-bond acceptors (Lipinski definition) is 3. The maximum atomic E-state index is 11.3. The van der Waals surface area contributed by atoms with Crippen LogP contribution in [0.2, 0.25) is 0 Å². The molecule has 1 atom stereocenters. The molecule has 0 aromatic heterocycles. The van der Waals surface area contributed by atoms with Gasteiger partial charge in [-0.1, -0.05) is 6.07 Å². The van der Waals surface area contributed by atoms with Crippen LogP contribution < -0.4 is 10.5 Å². The van der Waals surface area contributed by atoms with E-state index in [1.807, 2.05) is 12.1 Å². The summed E-state index contributed by atoms with van der Waals surface area (Å²) in [4.78, 5) is 11.3. The minimum Gasteiger partial charge on any atom is -0.496 e. The highest BCUT2D eigenvalue weighted by molar-refractivity contribution is 5.78. The van der Waals surface area contributed by atoms with Crippen LogP contribution in [0.5, 0.6) is 5.75 Å². The van der Waals surface area contributed by atoms with Gasteiger partial charge in [0.2, 0.25) is 0 Å². The zero-order chi connectivity index (χ0) is 13.1. The maximum Gasteiger partial charge on any atom is 0.312 e. The molecule has 0 saturated heterocycles. The molecule has 18 heavy (non-hydrogen) atoms. The molecule has 1 aromatic carbocycles. The van der Waals surface area contributed by atoms with Crippen LogP contribution in [0.1, 0.15) is 35.4 Å². The smallest absolute Gasteiger partial charge is 0.312 e. The topological polar surface area (TPSA) is 72.5 Å². The molecule has 3 N–H and O–H groups in total. The Labute approximate surface area is 107 Å². The summed E-state index contributed by atoms with van der Waals surface area (Å²) in [7, 11) is 1.57. The van der Waals surface area contributed by atoms with Crippen LogP contribution in [0, 0.1) is 0 Å². The van der Waals surface area contributed by atoms with E-state index >= 15 is 0 Å². The first kappa shape index (κ1) is 12.9. The van der Waals surface area contributed by atoms with E-state index in [-0.39, 0.29) is 6.54 Å². The number of carboxylic acid groups (broad SMARTS) is 1. The van der Waals surface area contributed by atoms with E-state index in [1.54, 1.807) is 7.11 Å². The SMILES string of the molecule is COc1ccc2c(c1C(CN)C(=O)O)CCCC2. The first-order valence-electron chi connectivity index (χ1n) is 6.30. The highest BCUT2D eigenvalue weighted by Gasteiger charge is 2.27. The summed E-state index contributed by atoms with van der Waals surface area (Å²) in [6, 6.07) is 3.91. The third kappa shape index (κ3) is 2.20. The molecule has 1 unspecified atom stereocenters.